The molecule has 1 unspecified atom stereocenters. The van der Waals surface area contributed by atoms with Gasteiger partial charge in [0.2, 0.25) is 5.91 Å². The van der Waals surface area contributed by atoms with Gasteiger partial charge in [0.05, 0.1) is 11.7 Å². The average molecular weight is 266 g/mol. The van der Waals surface area contributed by atoms with E-state index in [1.165, 1.54) is 0 Å². The van der Waals surface area contributed by atoms with Crippen molar-refractivity contribution >= 4 is 22.2 Å². The van der Waals surface area contributed by atoms with Gasteiger partial charge in [-0.15, -0.1) is 11.3 Å². The second-order valence-corrected chi connectivity index (χ2v) is 5.46. The number of carbonyl (C=O) groups is 1. The van der Waals surface area contributed by atoms with Crippen molar-refractivity contribution in [1.29, 1.82) is 0 Å². The largest absolute Gasteiger partial charge is 0.353 e. The lowest BCUT2D eigenvalue weighted by atomic mass is 10.2. The third-order valence-electron chi connectivity index (χ3n) is 2.56. The summed E-state index contributed by atoms with van der Waals surface area (Å²) in [6.45, 7) is 6.36. The van der Waals surface area contributed by atoms with E-state index in [-0.39, 0.29) is 18.0 Å². The van der Waals surface area contributed by atoms with E-state index in [0.717, 1.165) is 10.7 Å². The van der Waals surface area contributed by atoms with Gasteiger partial charge in [-0.1, -0.05) is 0 Å². The van der Waals surface area contributed by atoms with E-state index in [9.17, 15) is 4.79 Å². The van der Waals surface area contributed by atoms with E-state index in [1.54, 1.807) is 11.3 Å². The topological polar surface area (TPSA) is 58.4 Å². The van der Waals surface area contributed by atoms with Crippen molar-refractivity contribution in [1.82, 2.24) is 20.0 Å². The molecule has 0 aromatic carbocycles. The Labute approximate surface area is 110 Å². The molecular weight excluding hydrogens is 248 g/mol. The van der Waals surface area contributed by atoms with Gasteiger partial charge in [-0.05, 0) is 20.8 Å². The second kappa shape index (κ2) is 5.49. The van der Waals surface area contributed by atoms with Gasteiger partial charge in [0.1, 0.15) is 0 Å². The van der Waals surface area contributed by atoms with Crippen LogP contribution in [0.3, 0.4) is 0 Å². The molecule has 0 aliphatic rings. The molecule has 0 saturated heterocycles. The molecule has 2 aromatic heterocycles. The minimum absolute atomic E-state index is 0.0195. The molecule has 2 rings (SSSR count). The summed E-state index contributed by atoms with van der Waals surface area (Å²) in [5, 5.41) is 8.05. The number of hydrogen-bond acceptors (Lipinski definition) is 4. The molecule has 1 amide bonds. The minimum Gasteiger partial charge on any atom is -0.353 e. The number of fused-ring (bicyclic) bond motifs is 1. The predicted molar refractivity (Wildman–Crippen MR) is 72.6 cm³/mol. The first-order chi connectivity index (χ1) is 8.56. The molecule has 0 radical (unpaired) electrons. The molecule has 2 N–H and O–H groups in total. The standard InChI is InChI=1S/C12H18N4OS/c1-8(2)14-11(17)9(3)13-6-10-7-16-4-5-18-12(16)15-10/h4-5,7-9,13H,6H2,1-3H3,(H,14,17). The predicted octanol–water partition coefficient (Wildman–Crippen LogP) is 1.40. The molecule has 0 spiro atoms. The lowest BCUT2D eigenvalue weighted by Gasteiger charge is -2.15. The summed E-state index contributed by atoms with van der Waals surface area (Å²) in [4.78, 5) is 17.1. The quantitative estimate of drug-likeness (QED) is 0.860. The van der Waals surface area contributed by atoms with E-state index in [4.69, 9.17) is 0 Å². The minimum atomic E-state index is -0.216. The van der Waals surface area contributed by atoms with Gasteiger partial charge in [0.15, 0.2) is 4.96 Å². The molecule has 5 nitrogen and oxygen atoms in total. The molecular formula is C12H18N4OS. The molecule has 18 heavy (non-hydrogen) atoms. The maximum atomic E-state index is 11.7. The van der Waals surface area contributed by atoms with Crippen molar-refractivity contribution in [2.45, 2.75) is 39.4 Å². The first-order valence-corrected chi connectivity index (χ1v) is 6.89. The maximum Gasteiger partial charge on any atom is 0.237 e. The summed E-state index contributed by atoms with van der Waals surface area (Å²) in [6.07, 6.45) is 3.96. The summed E-state index contributed by atoms with van der Waals surface area (Å²) in [6, 6.07) is -0.0492. The van der Waals surface area contributed by atoms with Crippen molar-refractivity contribution in [2.75, 3.05) is 0 Å². The van der Waals surface area contributed by atoms with Crippen LogP contribution in [0, 0.1) is 0 Å². The third kappa shape index (κ3) is 3.08. The number of nitrogens with zero attached hydrogens (tertiary/aromatic N) is 2. The zero-order chi connectivity index (χ0) is 13.1. The van der Waals surface area contributed by atoms with Crippen LogP contribution < -0.4 is 10.6 Å². The summed E-state index contributed by atoms with van der Waals surface area (Å²) >= 11 is 1.60. The van der Waals surface area contributed by atoms with Gasteiger partial charge in [-0.3, -0.25) is 9.20 Å². The van der Waals surface area contributed by atoms with Crippen LogP contribution in [0.15, 0.2) is 17.8 Å². The Hall–Kier alpha value is -1.40. The van der Waals surface area contributed by atoms with Gasteiger partial charge in [-0.2, -0.15) is 0 Å². The van der Waals surface area contributed by atoms with Crippen LogP contribution in [-0.4, -0.2) is 27.4 Å². The number of carbonyl (C=O) groups excluding carboxylic acids is 1. The molecule has 0 fully saturated rings. The monoisotopic (exact) mass is 266 g/mol. The van der Waals surface area contributed by atoms with E-state index in [1.807, 2.05) is 42.9 Å². The van der Waals surface area contributed by atoms with Crippen LogP contribution in [0.25, 0.3) is 4.96 Å². The molecule has 0 bridgehead atoms. The number of thiazole rings is 1. The Morgan fingerprint density at radius 2 is 2.28 bits per heavy atom. The molecule has 2 aromatic rings. The van der Waals surface area contributed by atoms with Gasteiger partial charge < -0.3 is 10.6 Å². The number of amides is 1. The second-order valence-electron chi connectivity index (χ2n) is 4.59. The summed E-state index contributed by atoms with van der Waals surface area (Å²) in [5.41, 5.74) is 0.950. The average Bonchev–Trinajstić information content (AvgIpc) is 2.84. The molecule has 6 heteroatoms. The van der Waals surface area contributed by atoms with Crippen LogP contribution in [-0.2, 0) is 11.3 Å². The lowest BCUT2D eigenvalue weighted by Crippen LogP contribution is -2.44. The zero-order valence-corrected chi connectivity index (χ0v) is 11.6. The van der Waals surface area contributed by atoms with Gasteiger partial charge in [0.25, 0.3) is 0 Å². The van der Waals surface area contributed by atoms with Crippen LogP contribution in [0.5, 0.6) is 0 Å². The lowest BCUT2D eigenvalue weighted by molar-refractivity contribution is -0.123. The summed E-state index contributed by atoms with van der Waals surface area (Å²) < 4.78 is 1.99. The number of aromatic nitrogens is 2. The Morgan fingerprint density at radius 1 is 1.50 bits per heavy atom. The molecule has 2 heterocycles. The first kappa shape index (κ1) is 13.0. The summed E-state index contributed by atoms with van der Waals surface area (Å²) in [7, 11) is 0. The highest BCUT2D eigenvalue weighted by molar-refractivity contribution is 7.15. The number of hydrogen-bond donors (Lipinski definition) is 2. The van der Waals surface area contributed by atoms with Gasteiger partial charge >= 0.3 is 0 Å². The molecule has 0 saturated carbocycles. The van der Waals surface area contributed by atoms with Crippen LogP contribution in [0.2, 0.25) is 0 Å². The molecule has 1 atom stereocenters. The van der Waals surface area contributed by atoms with E-state index in [2.05, 4.69) is 15.6 Å². The normalized spacial score (nSPS) is 13.1. The van der Waals surface area contributed by atoms with Crippen molar-refractivity contribution < 1.29 is 4.79 Å². The highest BCUT2D eigenvalue weighted by Crippen LogP contribution is 2.11. The fourth-order valence-corrected chi connectivity index (χ4v) is 2.34. The third-order valence-corrected chi connectivity index (χ3v) is 3.33. The number of nitrogens with one attached hydrogen (secondary N) is 2. The molecule has 0 aliphatic carbocycles. The number of rotatable bonds is 5. The van der Waals surface area contributed by atoms with Gasteiger partial charge in [-0.25, -0.2) is 4.98 Å². The highest BCUT2D eigenvalue weighted by Gasteiger charge is 2.13. The van der Waals surface area contributed by atoms with Crippen LogP contribution >= 0.6 is 11.3 Å². The van der Waals surface area contributed by atoms with Crippen molar-refractivity contribution in [3.05, 3.63) is 23.5 Å². The Balaban J connectivity index is 1.87. The van der Waals surface area contributed by atoms with Gasteiger partial charge in [0, 0.05) is 30.4 Å². The number of imidazole rings is 1. The zero-order valence-electron chi connectivity index (χ0n) is 10.8. The smallest absolute Gasteiger partial charge is 0.237 e. The Kier molecular flexibility index (Phi) is 3.98. The maximum absolute atomic E-state index is 11.7. The van der Waals surface area contributed by atoms with Crippen molar-refractivity contribution in [3.8, 4) is 0 Å². The fourth-order valence-electron chi connectivity index (χ4n) is 1.62. The van der Waals surface area contributed by atoms with Crippen molar-refractivity contribution in [2.24, 2.45) is 0 Å². The Bertz CT molecular complexity index is 502. The summed E-state index contributed by atoms with van der Waals surface area (Å²) in [5.74, 6) is 0.0195. The molecule has 98 valence electrons. The van der Waals surface area contributed by atoms with Crippen molar-refractivity contribution in [3.63, 3.8) is 0 Å². The van der Waals surface area contributed by atoms with E-state index >= 15 is 0 Å². The van der Waals surface area contributed by atoms with E-state index < -0.39 is 0 Å². The SMILES string of the molecule is CC(C)NC(=O)C(C)NCc1cn2ccsc2n1. The van der Waals surface area contributed by atoms with Crippen LogP contribution in [0.4, 0.5) is 0 Å². The molecule has 0 aliphatic heterocycles. The Morgan fingerprint density at radius 3 is 2.94 bits per heavy atom. The first-order valence-electron chi connectivity index (χ1n) is 6.01. The fraction of sp³-hybridized carbons (Fsp3) is 0.500. The van der Waals surface area contributed by atoms with E-state index in [0.29, 0.717) is 6.54 Å². The van der Waals surface area contributed by atoms with Crippen LogP contribution in [0.1, 0.15) is 26.5 Å². The highest BCUT2D eigenvalue weighted by atomic mass is 32.1.